The van der Waals surface area contributed by atoms with Crippen LogP contribution >= 0.6 is 0 Å². The lowest BCUT2D eigenvalue weighted by Crippen LogP contribution is -2.08. The minimum absolute atomic E-state index is 0.0113. The second kappa shape index (κ2) is 6.66. The van der Waals surface area contributed by atoms with Gasteiger partial charge in [0.25, 0.3) is 0 Å². The van der Waals surface area contributed by atoms with Gasteiger partial charge < -0.3 is 4.74 Å². The summed E-state index contributed by atoms with van der Waals surface area (Å²) in [6.45, 7) is 1.61. The van der Waals surface area contributed by atoms with Crippen LogP contribution in [0.25, 0.3) is 11.1 Å². The lowest BCUT2D eigenvalue weighted by Gasteiger charge is -2.05. The van der Waals surface area contributed by atoms with Gasteiger partial charge in [-0.25, -0.2) is 4.79 Å². The molecule has 0 saturated heterocycles. The number of ether oxygens (including phenoxy) is 1. The summed E-state index contributed by atoms with van der Waals surface area (Å²) in [5.41, 5.74) is 2.64. The van der Waals surface area contributed by atoms with Crippen molar-refractivity contribution in [2.24, 2.45) is 0 Å². The lowest BCUT2D eigenvalue weighted by molar-refractivity contribution is -0.117. The van der Waals surface area contributed by atoms with Crippen LogP contribution in [-0.2, 0) is 9.53 Å². The van der Waals surface area contributed by atoms with Crippen LogP contribution in [0.4, 0.5) is 0 Å². The number of benzene rings is 2. The monoisotopic (exact) mass is 268 g/mol. The largest absolute Gasteiger partial charge is 0.462 e. The van der Waals surface area contributed by atoms with Crippen molar-refractivity contribution in [3.8, 4) is 11.1 Å². The van der Waals surface area contributed by atoms with E-state index in [9.17, 15) is 9.59 Å². The first kappa shape index (κ1) is 14.0. The second-order valence-electron chi connectivity index (χ2n) is 4.53. The van der Waals surface area contributed by atoms with E-state index in [1.807, 2.05) is 42.5 Å². The summed E-state index contributed by atoms with van der Waals surface area (Å²) >= 11 is 0. The smallest absolute Gasteiger partial charge is 0.338 e. The van der Waals surface area contributed by atoms with Gasteiger partial charge in [0.2, 0.25) is 0 Å². The Morgan fingerprint density at radius 3 is 2.10 bits per heavy atom. The number of carbonyl (C=O) groups is 2. The Morgan fingerprint density at radius 1 is 0.900 bits per heavy atom. The first-order chi connectivity index (χ1) is 9.66. The molecule has 0 fully saturated rings. The second-order valence-corrected chi connectivity index (χ2v) is 4.53. The fraction of sp³-hybridized carbons (Fsp3) is 0.176. The van der Waals surface area contributed by atoms with Crippen molar-refractivity contribution in [2.75, 3.05) is 6.61 Å². The molecule has 0 spiro atoms. The predicted octanol–water partition coefficient (Wildman–Crippen LogP) is 3.49. The molecule has 102 valence electrons. The minimum Gasteiger partial charge on any atom is -0.462 e. The molecule has 0 unspecified atom stereocenters. The maximum absolute atomic E-state index is 11.7. The molecule has 0 aliphatic heterocycles. The van der Waals surface area contributed by atoms with E-state index in [1.165, 1.54) is 6.92 Å². The Morgan fingerprint density at radius 2 is 1.50 bits per heavy atom. The zero-order valence-corrected chi connectivity index (χ0v) is 11.3. The predicted molar refractivity (Wildman–Crippen MR) is 77.5 cm³/mol. The van der Waals surface area contributed by atoms with E-state index >= 15 is 0 Å². The van der Waals surface area contributed by atoms with Crippen LogP contribution in [0.2, 0.25) is 0 Å². The number of ketones is 1. The summed E-state index contributed by atoms with van der Waals surface area (Å²) < 4.78 is 5.02. The van der Waals surface area contributed by atoms with Gasteiger partial charge in [-0.2, -0.15) is 0 Å². The fourth-order valence-electron chi connectivity index (χ4n) is 1.80. The molecule has 0 bridgehead atoms. The van der Waals surface area contributed by atoms with E-state index in [1.54, 1.807) is 12.1 Å². The molecule has 0 saturated carbocycles. The Kier molecular flexibility index (Phi) is 4.66. The molecular weight excluding hydrogens is 252 g/mol. The van der Waals surface area contributed by atoms with Gasteiger partial charge in [-0.1, -0.05) is 42.5 Å². The van der Waals surface area contributed by atoms with Crippen LogP contribution in [0.5, 0.6) is 0 Å². The summed E-state index contributed by atoms with van der Waals surface area (Å²) in [5, 5.41) is 0. The van der Waals surface area contributed by atoms with Crippen LogP contribution in [-0.4, -0.2) is 18.4 Å². The molecule has 2 aromatic carbocycles. The van der Waals surface area contributed by atoms with Gasteiger partial charge in [-0.3, -0.25) is 4.79 Å². The highest BCUT2D eigenvalue weighted by molar-refractivity contribution is 5.90. The van der Waals surface area contributed by atoms with Gasteiger partial charge >= 0.3 is 5.97 Å². The normalized spacial score (nSPS) is 10.1. The van der Waals surface area contributed by atoms with Crippen LogP contribution in [0.3, 0.4) is 0 Å². The molecule has 2 aromatic rings. The number of rotatable bonds is 5. The average molecular weight is 268 g/mol. The number of hydrogen-bond acceptors (Lipinski definition) is 3. The Bertz CT molecular complexity index is 585. The highest BCUT2D eigenvalue weighted by Crippen LogP contribution is 2.19. The molecular formula is C17H16O3. The van der Waals surface area contributed by atoms with Crippen molar-refractivity contribution in [1.29, 1.82) is 0 Å². The van der Waals surface area contributed by atoms with E-state index in [0.29, 0.717) is 5.56 Å². The summed E-state index contributed by atoms with van der Waals surface area (Å²) in [6, 6.07) is 17.2. The maximum Gasteiger partial charge on any atom is 0.338 e. The van der Waals surface area contributed by atoms with E-state index in [4.69, 9.17) is 4.74 Å². The maximum atomic E-state index is 11.7. The average Bonchev–Trinajstić information content (AvgIpc) is 2.48. The van der Waals surface area contributed by atoms with Crippen LogP contribution in [0, 0.1) is 0 Å². The molecule has 2 rings (SSSR count). The first-order valence-corrected chi connectivity index (χ1v) is 6.49. The fourth-order valence-corrected chi connectivity index (χ4v) is 1.80. The molecule has 20 heavy (non-hydrogen) atoms. The molecule has 3 heteroatoms. The van der Waals surface area contributed by atoms with Gasteiger partial charge in [0, 0.05) is 6.42 Å². The van der Waals surface area contributed by atoms with E-state index in [-0.39, 0.29) is 18.8 Å². The van der Waals surface area contributed by atoms with Gasteiger partial charge in [0.15, 0.2) is 0 Å². The van der Waals surface area contributed by atoms with Crippen molar-refractivity contribution in [3.63, 3.8) is 0 Å². The third-order valence-electron chi connectivity index (χ3n) is 2.92. The van der Waals surface area contributed by atoms with Gasteiger partial charge in [0.1, 0.15) is 5.78 Å². The Labute approximate surface area is 118 Å². The quantitative estimate of drug-likeness (QED) is 0.780. The van der Waals surface area contributed by atoms with Crippen molar-refractivity contribution in [1.82, 2.24) is 0 Å². The van der Waals surface area contributed by atoms with Crippen molar-refractivity contribution < 1.29 is 14.3 Å². The Balaban J connectivity index is 2.01. The topological polar surface area (TPSA) is 43.4 Å². The van der Waals surface area contributed by atoms with Gasteiger partial charge in [-0.15, -0.1) is 0 Å². The third-order valence-corrected chi connectivity index (χ3v) is 2.92. The lowest BCUT2D eigenvalue weighted by atomic mass is 10.0. The van der Waals surface area contributed by atoms with Gasteiger partial charge in [-0.05, 0) is 30.2 Å². The first-order valence-electron chi connectivity index (χ1n) is 6.49. The molecule has 0 heterocycles. The summed E-state index contributed by atoms with van der Waals surface area (Å²) in [4.78, 5) is 22.5. The van der Waals surface area contributed by atoms with E-state index < -0.39 is 5.97 Å². The molecule has 0 atom stereocenters. The zero-order chi connectivity index (χ0) is 14.4. The molecule has 0 N–H and O–H groups in total. The van der Waals surface area contributed by atoms with E-state index in [2.05, 4.69) is 0 Å². The summed E-state index contributed by atoms with van der Waals surface area (Å²) in [6.07, 6.45) is 0.258. The van der Waals surface area contributed by atoms with Crippen molar-refractivity contribution >= 4 is 11.8 Å². The summed E-state index contributed by atoms with van der Waals surface area (Å²) in [5.74, 6) is -0.386. The highest BCUT2D eigenvalue weighted by atomic mass is 16.5. The Hall–Kier alpha value is -2.42. The summed E-state index contributed by atoms with van der Waals surface area (Å²) in [7, 11) is 0. The molecule has 0 aliphatic carbocycles. The van der Waals surface area contributed by atoms with Crippen LogP contribution < -0.4 is 0 Å². The van der Waals surface area contributed by atoms with Gasteiger partial charge in [0.05, 0.1) is 12.2 Å². The number of Topliss-reactive ketones (excluding diaryl/α,β-unsaturated/α-hetero) is 1. The number of esters is 1. The molecule has 0 aromatic heterocycles. The SMILES string of the molecule is CC(=O)CCOC(=O)c1ccc(-c2ccccc2)cc1. The minimum atomic E-state index is -0.397. The highest BCUT2D eigenvalue weighted by Gasteiger charge is 2.07. The number of carbonyl (C=O) groups excluding carboxylic acids is 2. The molecule has 0 radical (unpaired) electrons. The van der Waals surface area contributed by atoms with Crippen LogP contribution in [0.1, 0.15) is 23.7 Å². The standard InChI is InChI=1S/C17H16O3/c1-13(18)11-12-20-17(19)16-9-7-15(8-10-16)14-5-3-2-4-6-14/h2-10H,11-12H2,1H3. The molecule has 0 aliphatic rings. The van der Waals surface area contributed by atoms with Crippen LogP contribution in [0.15, 0.2) is 54.6 Å². The molecule has 0 amide bonds. The third kappa shape index (κ3) is 3.79. The zero-order valence-electron chi connectivity index (χ0n) is 11.3. The molecule has 3 nitrogen and oxygen atoms in total. The van der Waals surface area contributed by atoms with Crippen molar-refractivity contribution in [3.05, 3.63) is 60.2 Å². The van der Waals surface area contributed by atoms with E-state index in [0.717, 1.165) is 11.1 Å². The number of hydrogen-bond donors (Lipinski definition) is 0. The van der Waals surface area contributed by atoms with Crippen molar-refractivity contribution in [2.45, 2.75) is 13.3 Å².